The van der Waals surface area contributed by atoms with Crippen LogP contribution in [0, 0.1) is 13.8 Å². The van der Waals surface area contributed by atoms with Crippen molar-refractivity contribution in [3.63, 3.8) is 0 Å². The molecule has 0 aliphatic heterocycles. The van der Waals surface area contributed by atoms with Crippen LogP contribution in [0.2, 0.25) is 0 Å². The molecule has 0 aliphatic carbocycles. The van der Waals surface area contributed by atoms with Crippen molar-refractivity contribution in [2.24, 2.45) is 0 Å². The lowest BCUT2D eigenvalue weighted by Gasteiger charge is -2.12. The summed E-state index contributed by atoms with van der Waals surface area (Å²) in [5.74, 6) is 1.47. The Labute approximate surface area is 132 Å². The fourth-order valence-electron chi connectivity index (χ4n) is 2.12. The van der Waals surface area contributed by atoms with Crippen LogP contribution < -0.4 is 10.6 Å². The number of rotatable bonds is 7. The minimum absolute atomic E-state index is 0.617. The highest BCUT2D eigenvalue weighted by atomic mass is 15.1. The molecule has 5 heteroatoms. The predicted octanol–water partition coefficient (Wildman–Crippen LogP) is 3.20. The average molecular weight is 299 g/mol. The number of aromatic nitrogens is 2. The Bertz CT molecular complexity index is 610. The van der Waals surface area contributed by atoms with E-state index in [-0.39, 0.29) is 0 Å². The number of hydrogen-bond acceptors (Lipinski definition) is 5. The van der Waals surface area contributed by atoms with E-state index >= 15 is 0 Å². The van der Waals surface area contributed by atoms with E-state index in [0.29, 0.717) is 5.95 Å². The lowest BCUT2D eigenvalue weighted by molar-refractivity contribution is 0.405. The van der Waals surface area contributed by atoms with Gasteiger partial charge in [0.15, 0.2) is 0 Å². The number of anilines is 3. The minimum atomic E-state index is 0.617. The number of hydrogen-bond donors (Lipinski definition) is 2. The van der Waals surface area contributed by atoms with Crippen molar-refractivity contribution >= 4 is 17.5 Å². The first-order valence-electron chi connectivity index (χ1n) is 7.60. The summed E-state index contributed by atoms with van der Waals surface area (Å²) in [4.78, 5) is 11.0. The smallest absolute Gasteiger partial charge is 0.229 e. The molecular weight excluding hydrogens is 274 g/mol. The second-order valence-corrected chi connectivity index (χ2v) is 5.79. The highest BCUT2D eigenvalue weighted by Gasteiger charge is 2.03. The molecule has 0 amide bonds. The van der Waals surface area contributed by atoms with Crippen molar-refractivity contribution < 1.29 is 0 Å². The van der Waals surface area contributed by atoms with Crippen molar-refractivity contribution in [2.75, 3.05) is 37.8 Å². The van der Waals surface area contributed by atoms with E-state index in [1.54, 1.807) is 6.20 Å². The molecule has 2 aromatic rings. The summed E-state index contributed by atoms with van der Waals surface area (Å²) in [6.45, 7) is 6.11. The molecular formula is C17H25N5. The third-order valence-corrected chi connectivity index (χ3v) is 3.38. The van der Waals surface area contributed by atoms with Crippen LogP contribution in [-0.4, -0.2) is 42.1 Å². The lowest BCUT2D eigenvalue weighted by atomic mass is 10.1. The zero-order valence-corrected chi connectivity index (χ0v) is 13.8. The van der Waals surface area contributed by atoms with E-state index in [1.165, 1.54) is 11.1 Å². The molecule has 0 bridgehead atoms. The highest BCUT2D eigenvalue weighted by Crippen LogP contribution is 2.20. The van der Waals surface area contributed by atoms with E-state index in [9.17, 15) is 0 Å². The standard InChI is InChI=1S/C17H25N5/c1-13-6-7-14(2)15(12-13)20-17-19-10-8-16(21-17)18-9-5-11-22(3)4/h6-8,10,12H,5,9,11H2,1-4H3,(H2,18,19,20,21). The molecule has 2 N–H and O–H groups in total. The summed E-state index contributed by atoms with van der Waals surface area (Å²) in [6, 6.07) is 8.20. The van der Waals surface area contributed by atoms with E-state index in [1.807, 2.05) is 6.07 Å². The maximum absolute atomic E-state index is 4.51. The van der Waals surface area contributed by atoms with Crippen molar-refractivity contribution in [3.05, 3.63) is 41.6 Å². The molecule has 1 heterocycles. The third kappa shape index (κ3) is 5.00. The maximum Gasteiger partial charge on any atom is 0.229 e. The zero-order valence-electron chi connectivity index (χ0n) is 13.8. The van der Waals surface area contributed by atoms with Crippen molar-refractivity contribution in [2.45, 2.75) is 20.3 Å². The van der Waals surface area contributed by atoms with E-state index < -0.39 is 0 Å². The van der Waals surface area contributed by atoms with Crippen LogP contribution in [0.4, 0.5) is 17.5 Å². The van der Waals surface area contributed by atoms with Gasteiger partial charge in [-0.15, -0.1) is 0 Å². The molecule has 1 aromatic carbocycles. The van der Waals surface area contributed by atoms with Crippen LogP contribution >= 0.6 is 0 Å². The van der Waals surface area contributed by atoms with Gasteiger partial charge >= 0.3 is 0 Å². The van der Waals surface area contributed by atoms with Gasteiger partial charge in [0.25, 0.3) is 0 Å². The predicted molar refractivity (Wildman–Crippen MR) is 92.9 cm³/mol. The van der Waals surface area contributed by atoms with Crippen LogP contribution in [0.15, 0.2) is 30.5 Å². The average Bonchev–Trinajstić information content (AvgIpc) is 2.48. The van der Waals surface area contributed by atoms with Crippen molar-refractivity contribution in [1.82, 2.24) is 14.9 Å². The van der Waals surface area contributed by atoms with Gasteiger partial charge < -0.3 is 15.5 Å². The van der Waals surface area contributed by atoms with Gasteiger partial charge in [-0.25, -0.2) is 4.98 Å². The molecule has 5 nitrogen and oxygen atoms in total. The molecule has 0 atom stereocenters. The van der Waals surface area contributed by atoms with Crippen LogP contribution in [-0.2, 0) is 0 Å². The number of benzene rings is 1. The van der Waals surface area contributed by atoms with E-state index in [2.05, 4.69) is 71.6 Å². The largest absolute Gasteiger partial charge is 0.370 e. The monoisotopic (exact) mass is 299 g/mol. The summed E-state index contributed by atoms with van der Waals surface area (Å²) >= 11 is 0. The van der Waals surface area contributed by atoms with Crippen LogP contribution in [0.25, 0.3) is 0 Å². The topological polar surface area (TPSA) is 53.1 Å². The number of nitrogens with one attached hydrogen (secondary N) is 2. The lowest BCUT2D eigenvalue weighted by Crippen LogP contribution is -2.16. The number of nitrogens with zero attached hydrogens (tertiary/aromatic N) is 3. The molecule has 1 aromatic heterocycles. The second kappa shape index (κ2) is 7.75. The molecule has 0 saturated heterocycles. The van der Waals surface area contributed by atoms with Gasteiger partial charge in [0, 0.05) is 18.4 Å². The Morgan fingerprint density at radius 1 is 1.14 bits per heavy atom. The normalized spacial score (nSPS) is 10.8. The van der Waals surface area contributed by atoms with Gasteiger partial charge in [-0.05, 0) is 64.2 Å². The van der Waals surface area contributed by atoms with Gasteiger partial charge in [-0.3, -0.25) is 0 Å². The molecule has 118 valence electrons. The quantitative estimate of drug-likeness (QED) is 0.769. The molecule has 0 unspecified atom stereocenters. The maximum atomic E-state index is 4.51. The summed E-state index contributed by atoms with van der Waals surface area (Å²) in [7, 11) is 4.16. The molecule has 0 spiro atoms. The van der Waals surface area contributed by atoms with Gasteiger partial charge in [-0.2, -0.15) is 4.98 Å². The van der Waals surface area contributed by atoms with Crippen LogP contribution in [0.5, 0.6) is 0 Å². The SMILES string of the molecule is Cc1ccc(C)c(Nc2nccc(NCCCN(C)C)n2)c1. The van der Waals surface area contributed by atoms with E-state index in [0.717, 1.165) is 31.0 Å². The Balaban J connectivity index is 1.97. The first-order chi connectivity index (χ1) is 10.5. The van der Waals surface area contributed by atoms with Gasteiger partial charge in [0.05, 0.1) is 0 Å². The minimum Gasteiger partial charge on any atom is -0.370 e. The summed E-state index contributed by atoms with van der Waals surface area (Å²) < 4.78 is 0. The van der Waals surface area contributed by atoms with Crippen LogP contribution in [0.3, 0.4) is 0 Å². The molecule has 0 radical (unpaired) electrons. The second-order valence-electron chi connectivity index (χ2n) is 5.79. The molecule has 0 saturated carbocycles. The first-order valence-corrected chi connectivity index (χ1v) is 7.60. The Morgan fingerprint density at radius 2 is 1.95 bits per heavy atom. The zero-order chi connectivity index (χ0) is 15.9. The van der Waals surface area contributed by atoms with Crippen molar-refractivity contribution in [3.8, 4) is 0 Å². The highest BCUT2D eigenvalue weighted by molar-refractivity contribution is 5.60. The fraction of sp³-hybridized carbons (Fsp3) is 0.412. The Morgan fingerprint density at radius 3 is 2.73 bits per heavy atom. The Hall–Kier alpha value is -2.14. The van der Waals surface area contributed by atoms with Crippen LogP contribution in [0.1, 0.15) is 17.5 Å². The van der Waals surface area contributed by atoms with Gasteiger partial charge in [0.2, 0.25) is 5.95 Å². The van der Waals surface area contributed by atoms with Crippen molar-refractivity contribution in [1.29, 1.82) is 0 Å². The third-order valence-electron chi connectivity index (χ3n) is 3.38. The summed E-state index contributed by atoms with van der Waals surface area (Å²) in [5, 5.41) is 6.63. The van der Waals surface area contributed by atoms with Gasteiger partial charge in [-0.1, -0.05) is 12.1 Å². The summed E-state index contributed by atoms with van der Waals surface area (Å²) in [5.41, 5.74) is 3.44. The molecule has 0 aliphatic rings. The van der Waals surface area contributed by atoms with Gasteiger partial charge in [0.1, 0.15) is 5.82 Å². The number of aryl methyl sites for hydroxylation is 2. The fourth-order valence-corrected chi connectivity index (χ4v) is 2.12. The molecule has 22 heavy (non-hydrogen) atoms. The summed E-state index contributed by atoms with van der Waals surface area (Å²) in [6.07, 6.45) is 2.85. The molecule has 0 fully saturated rings. The van der Waals surface area contributed by atoms with E-state index in [4.69, 9.17) is 0 Å². The molecule has 2 rings (SSSR count). The first kappa shape index (κ1) is 16.2. The Kier molecular flexibility index (Phi) is 5.72.